The minimum absolute atomic E-state index is 0.304. The molecule has 2 heterocycles. The molecule has 0 aliphatic carbocycles. The van der Waals surface area contributed by atoms with Crippen molar-refractivity contribution in [1.29, 1.82) is 0 Å². The van der Waals surface area contributed by atoms with Gasteiger partial charge in [-0.15, -0.1) is 0 Å². The lowest BCUT2D eigenvalue weighted by molar-refractivity contribution is 0.416. The van der Waals surface area contributed by atoms with Crippen molar-refractivity contribution in [2.75, 3.05) is 32.2 Å². The number of methoxy groups -OCH3 is 1. The molecule has 0 spiro atoms. The Morgan fingerprint density at radius 2 is 2.00 bits per heavy atom. The fourth-order valence-electron chi connectivity index (χ4n) is 3.37. The van der Waals surface area contributed by atoms with Gasteiger partial charge in [0.1, 0.15) is 11.6 Å². The van der Waals surface area contributed by atoms with Crippen LogP contribution in [0.15, 0.2) is 59.7 Å². The Morgan fingerprint density at radius 3 is 2.74 bits per heavy atom. The third kappa shape index (κ3) is 6.23. The van der Waals surface area contributed by atoms with E-state index in [2.05, 4.69) is 21.8 Å². The van der Waals surface area contributed by atoms with Gasteiger partial charge in [0.15, 0.2) is 5.65 Å². The summed E-state index contributed by atoms with van der Waals surface area (Å²) in [6.07, 6.45) is 8.45. The highest BCUT2D eigenvalue weighted by Crippen LogP contribution is 2.30. The number of fused-ring (bicyclic) bond motifs is 1. The Bertz CT molecular complexity index is 1290. The first-order valence-corrected chi connectivity index (χ1v) is 14.1. The molecule has 0 fully saturated rings. The second-order valence-electron chi connectivity index (χ2n) is 7.61. The predicted molar refractivity (Wildman–Crippen MR) is 142 cm³/mol. The van der Waals surface area contributed by atoms with Crippen LogP contribution in [0, 0.1) is 0 Å². The molecule has 0 amide bonds. The summed E-state index contributed by atoms with van der Waals surface area (Å²) in [5, 5.41) is 9.06. The first-order chi connectivity index (χ1) is 16.4. The van der Waals surface area contributed by atoms with Crippen LogP contribution in [-0.4, -0.2) is 49.9 Å². The fourth-order valence-corrected chi connectivity index (χ4v) is 4.84. The van der Waals surface area contributed by atoms with Crippen molar-refractivity contribution in [3.05, 3.63) is 59.7 Å². The highest BCUT2D eigenvalue weighted by Gasteiger charge is 2.15. The molecular formula is C24H32N5O3PS. The zero-order valence-corrected chi connectivity index (χ0v) is 21.8. The summed E-state index contributed by atoms with van der Waals surface area (Å²) >= 11 is 0. The van der Waals surface area contributed by atoms with Crippen LogP contribution in [0.3, 0.4) is 0 Å². The number of anilines is 1. The van der Waals surface area contributed by atoms with E-state index in [-0.39, 0.29) is 0 Å². The van der Waals surface area contributed by atoms with E-state index >= 15 is 0 Å². The van der Waals surface area contributed by atoms with Crippen LogP contribution in [0.4, 0.5) is 5.82 Å². The molecule has 10 heteroatoms. The molecule has 3 aromatic rings. The summed E-state index contributed by atoms with van der Waals surface area (Å²) in [5.74, 6) is 1.59. The molecule has 0 aliphatic rings. The average molecular weight is 502 g/mol. The third-order valence-electron chi connectivity index (χ3n) is 5.27. The zero-order valence-electron chi connectivity index (χ0n) is 20.0. The van der Waals surface area contributed by atoms with Gasteiger partial charge >= 0.3 is 0 Å². The van der Waals surface area contributed by atoms with Gasteiger partial charge in [-0.05, 0) is 51.6 Å². The van der Waals surface area contributed by atoms with Gasteiger partial charge in [-0.2, -0.15) is 9.61 Å². The lowest BCUT2D eigenvalue weighted by Gasteiger charge is -2.13. The van der Waals surface area contributed by atoms with E-state index in [1.165, 1.54) is 0 Å². The van der Waals surface area contributed by atoms with Gasteiger partial charge in [0.25, 0.3) is 0 Å². The maximum absolute atomic E-state index is 12.2. The van der Waals surface area contributed by atoms with Crippen molar-refractivity contribution in [2.24, 2.45) is 0 Å². The van der Waals surface area contributed by atoms with Gasteiger partial charge < -0.3 is 10.1 Å². The van der Waals surface area contributed by atoms with Gasteiger partial charge in [-0.1, -0.05) is 32.9 Å². The zero-order chi connectivity index (χ0) is 24.6. The molecule has 8 nitrogen and oxygen atoms in total. The number of allylic oxidation sites excluding steroid dienone is 4. The molecule has 0 saturated carbocycles. The Balaban J connectivity index is 1.69. The summed E-state index contributed by atoms with van der Waals surface area (Å²) in [6.45, 7) is 6.60. The number of hydrogen-bond donors (Lipinski definition) is 2. The number of nitrogens with one attached hydrogen (secondary N) is 2. The van der Waals surface area contributed by atoms with E-state index < -0.39 is 10.0 Å². The molecule has 182 valence electrons. The van der Waals surface area contributed by atoms with Crippen LogP contribution < -0.4 is 20.1 Å². The van der Waals surface area contributed by atoms with Crippen LogP contribution >= 0.6 is 8.58 Å². The summed E-state index contributed by atoms with van der Waals surface area (Å²) in [7, 11) is -1.21. The van der Waals surface area contributed by atoms with E-state index in [1.54, 1.807) is 32.3 Å². The molecule has 1 atom stereocenters. The van der Waals surface area contributed by atoms with Crippen molar-refractivity contribution >= 4 is 35.4 Å². The Morgan fingerprint density at radius 1 is 1.24 bits per heavy atom. The summed E-state index contributed by atoms with van der Waals surface area (Å²) in [6, 6.07) is 9.78. The minimum atomic E-state index is -3.44. The number of unbranched alkanes of at least 4 members (excludes halogenated alkanes) is 1. The number of nitrogens with zero attached hydrogens (tertiary/aromatic N) is 3. The van der Waals surface area contributed by atoms with Gasteiger partial charge in [0.2, 0.25) is 10.0 Å². The van der Waals surface area contributed by atoms with E-state index in [0.717, 1.165) is 40.2 Å². The van der Waals surface area contributed by atoms with Crippen molar-refractivity contribution in [3.63, 3.8) is 0 Å². The van der Waals surface area contributed by atoms with E-state index in [1.807, 2.05) is 48.0 Å². The van der Waals surface area contributed by atoms with Crippen molar-refractivity contribution in [1.82, 2.24) is 19.3 Å². The molecule has 0 radical (unpaired) electrons. The van der Waals surface area contributed by atoms with Crippen LogP contribution in [0.2, 0.25) is 0 Å². The lowest BCUT2D eigenvalue weighted by atomic mass is 10.1. The topological polar surface area (TPSA) is 97.6 Å². The lowest BCUT2D eigenvalue weighted by Crippen LogP contribution is -2.25. The van der Waals surface area contributed by atoms with E-state index in [0.29, 0.717) is 33.0 Å². The van der Waals surface area contributed by atoms with Gasteiger partial charge in [-0.25, -0.2) is 18.1 Å². The number of para-hydroxylation sites is 1. The Hall–Kier alpha value is -2.74. The molecule has 3 rings (SSSR count). The smallest absolute Gasteiger partial charge is 0.236 e. The van der Waals surface area contributed by atoms with E-state index in [4.69, 9.17) is 9.72 Å². The molecular weight excluding hydrogens is 469 g/mol. The molecule has 0 bridgehead atoms. The third-order valence-corrected chi connectivity index (χ3v) is 7.73. The van der Waals surface area contributed by atoms with Gasteiger partial charge in [0, 0.05) is 30.0 Å². The summed E-state index contributed by atoms with van der Waals surface area (Å²) in [4.78, 5) is 5.17. The fraction of sp³-hybridized carbons (Fsp3) is 0.333. The van der Waals surface area contributed by atoms with Gasteiger partial charge in [0.05, 0.1) is 23.9 Å². The molecule has 34 heavy (non-hydrogen) atoms. The quantitative estimate of drug-likeness (QED) is 0.222. The number of hydrogen-bond acceptors (Lipinski definition) is 6. The number of aromatic nitrogens is 3. The van der Waals surface area contributed by atoms with Crippen LogP contribution in [0.1, 0.15) is 26.7 Å². The van der Waals surface area contributed by atoms with Crippen molar-refractivity contribution in [2.45, 2.75) is 26.7 Å². The second-order valence-corrected chi connectivity index (χ2v) is 10.6. The van der Waals surface area contributed by atoms with Crippen LogP contribution in [-0.2, 0) is 10.0 Å². The normalized spacial score (nSPS) is 12.9. The van der Waals surface area contributed by atoms with Crippen LogP contribution in [0.25, 0.3) is 16.9 Å². The maximum Gasteiger partial charge on any atom is 0.236 e. The van der Waals surface area contributed by atoms with E-state index in [9.17, 15) is 8.42 Å². The first kappa shape index (κ1) is 25.9. The van der Waals surface area contributed by atoms with Crippen molar-refractivity contribution in [3.8, 4) is 17.0 Å². The molecule has 2 aromatic heterocycles. The largest absolute Gasteiger partial charge is 0.496 e. The Labute approximate surface area is 203 Å². The summed E-state index contributed by atoms with van der Waals surface area (Å²) < 4.78 is 34.5. The van der Waals surface area contributed by atoms with Crippen molar-refractivity contribution < 1.29 is 13.2 Å². The molecule has 2 N–H and O–H groups in total. The number of benzene rings is 1. The predicted octanol–water partition coefficient (Wildman–Crippen LogP) is 3.93. The summed E-state index contributed by atoms with van der Waals surface area (Å²) in [5.41, 5.74) is 2.55. The molecule has 0 saturated heterocycles. The first-order valence-electron chi connectivity index (χ1n) is 11.1. The average Bonchev–Trinajstić information content (AvgIpc) is 3.27. The maximum atomic E-state index is 12.2. The molecule has 0 aliphatic heterocycles. The highest BCUT2D eigenvalue weighted by atomic mass is 32.2. The SMILES string of the molecule is C/C=C\C=C(/C)S(=O)(=O)NCCCCNc1cc(-c2ccccc2OC)nc2c(PC)cnn12. The van der Waals surface area contributed by atoms with Crippen LogP contribution in [0.5, 0.6) is 5.75 Å². The highest BCUT2D eigenvalue weighted by molar-refractivity contribution is 7.93. The number of ether oxygens (including phenoxy) is 1. The van der Waals surface area contributed by atoms with Gasteiger partial charge in [-0.3, -0.25) is 0 Å². The monoisotopic (exact) mass is 501 g/mol. The minimum Gasteiger partial charge on any atom is -0.496 e. The number of rotatable bonds is 12. The molecule has 1 unspecified atom stereocenters. The Kier molecular flexibility index (Phi) is 9.21. The standard InChI is InChI=1S/C24H32N5O3PS/c1-5-6-11-18(2)34(30,31)27-15-10-9-14-25-23-16-20(19-12-7-8-13-21(19)32-3)28-24-22(33-4)17-26-29(23)24/h5-8,11-13,16-17,25,27,33H,9-10,14-15H2,1-4H3/b6-5-,18-11+. The molecule has 1 aromatic carbocycles. The second kappa shape index (κ2) is 12.1. The number of sulfonamides is 1.